The van der Waals surface area contributed by atoms with Crippen LogP contribution >= 0.6 is 24.0 Å². The molecule has 2 atom stereocenters. The number of nitrogens with one attached hydrogen (secondary N) is 3. The molecule has 0 saturated heterocycles. The predicted octanol–water partition coefficient (Wildman–Crippen LogP) is 3.22. The molecule has 7 nitrogen and oxygen atoms in total. The molecule has 2 unspecified atom stereocenters. The van der Waals surface area contributed by atoms with Crippen molar-refractivity contribution < 1.29 is 14.3 Å². The van der Waals surface area contributed by atoms with E-state index in [0.29, 0.717) is 36.4 Å². The minimum absolute atomic E-state index is 0. The Kier molecular flexibility index (Phi) is 10.3. The summed E-state index contributed by atoms with van der Waals surface area (Å²) in [6.07, 6.45) is 5.19. The molecule has 31 heavy (non-hydrogen) atoms. The zero-order valence-corrected chi connectivity index (χ0v) is 21.2. The summed E-state index contributed by atoms with van der Waals surface area (Å²) in [6, 6.07) is 8.17. The topological polar surface area (TPSA) is 84.0 Å². The minimum Gasteiger partial charge on any atom is -0.484 e. The molecule has 1 amide bonds. The van der Waals surface area contributed by atoms with Gasteiger partial charge in [-0.15, -0.1) is 24.0 Å². The Hall–Kier alpha value is -1.55. The predicted molar refractivity (Wildman–Crippen MR) is 134 cm³/mol. The average Bonchev–Trinajstić information content (AvgIpc) is 2.69. The van der Waals surface area contributed by atoms with E-state index in [9.17, 15) is 4.79 Å². The van der Waals surface area contributed by atoms with E-state index in [2.05, 4.69) is 29.8 Å². The summed E-state index contributed by atoms with van der Waals surface area (Å²) in [5.41, 5.74) is 1.33. The number of rotatable bonds is 10. The quantitative estimate of drug-likeness (QED) is 0.240. The number of hydrogen-bond donors (Lipinski definition) is 3. The van der Waals surface area contributed by atoms with Gasteiger partial charge in [-0.2, -0.15) is 0 Å². The van der Waals surface area contributed by atoms with Crippen LogP contribution in [0.5, 0.6) is 5.75 Å². The second kappa shape index (κ2) is 12.5. The van der Waals surface area contributed by atoms with Crippen molar-refractivity contribution in [3.63, 3.8) is 0 Å². The second-order valence-electron chi connectivity index (χ2n) is 8.05. The highest BCUT2D eigenvalue weighted by molar-refractivity contribution is 14.0. The number of amides is 1. The van der Waals surface area contributed by atoms with Gasteiger partial charge in [0.05, 0.1) is 12.6 Å². The fourth-order valence-corrected chi connectivity index (χ4v) is 4.43. The lowest BCUT2D eigenvalue weighted by atomic mass is 9.51. The van der Waals surface area contributed by atoms with Gasteiger partial charge in [0, 0.05) is 31.2 Å². The van der Waals surface area contributed by atoms with E-state index in [4.69, 9.17) is 14.5 Å². The van der Waals surface area contributed by atoms with Crippen molar-refractivity contribution in [2.24, 2.45) is 10.4 Å². The summed E-state index contributed by atoms with van der Waals surface area (Å²) in [4.78, 5) is 16.4. The first kappa shape index (κ1) is 25.7. The van der Waals surface area contributed by atoms with Gasteiger partial charge in [0.15, 0.2) is 12.6 Å². The van der Waals surface area contributed by atoms with Crippen LogP contribution in [0.1, 0.15) is 52.0 Å². The number of hydrogen-bond acceptors (Lipinski definition) is 4. The largest absolute Gasteiger partial charge is 0.484 e. The van der Waals surface area contributed by atoms with Gasteiger partial charge in [-0.1, -0.05) is 18.6 Å². The number of nitrogens with zero attached hydrogens (tertiary/aromatic N) is 1. The van der Waals surface area contributed by atoms with Crippen LogP contribution in [0.15, 0.2) is 29.3 Å². The Morgan fingerprint density at radius 2 is 1.97 bits per heavy atom. The van der Waals surface area contributed by atoms with Gasteiger partial charge in [0.1, 0.15) is 5.75 Å². The van der Waals surface area contributed by atoms with Crippen LogP contribution in [0.2, 0.25) is 0 Å². The third-order valence-electron chi connectivity index (χ3n) is 6.15. The van der Waals surface area contributed by atoms with Crippen molar-refractivity contribution in [2.75, 3.05) is 26.3 Å². The maximum Gasteiger partial charge on any atom is 0.257 e. The van der Waals surface area contributed by atoms with Gasteiger partial charge < -0.3 is 25.4 Å². The Labute approximate surface area is 203 Å². The van der Waals surface area contributed by atoms with Crippen LogP contribution in [0.3, 0.4) is 0 Å². The van der Waals surface area contributed by atoms with Gasteiger partial charge in [0.2, 0.25) is 0 Å². The van der Waals surface area contributed by atoms with E-state index in [1.165, 1.54) is 19.3 Å². The summed E-state index contributed by atoms with van der Waals surface area (Å²) in [7, 11) is 0. The SMILES string of the molecule is CCNC(=O)COc1cccc(CN=C(NCC)NC2CC(OCC)C23CCC3)c1.I. The summed E-state index contributed by atoms with van der Waals surface area (Å²) >= 11 is 0. The van der Waals surface area contributed by atoms with E-state index < -0.39 is 0 Å². The van der Waals surface area contributed by atoms with Crippen LogP contribution in [0.4, 0.5) is 0 Å². The molecular weight excluding hydrogens is 507 g/mol. The Balaban J connectivity index is 0.00000341. The molecule has 2 saturated carbocycles. The van der Waals surface area contributed by atoms with Gasteiger partial charge >= 0.3 is 0 Å². The lowest BCUT2D eigenvalue weighted by Gasteiger charge is -2.61. The fourth-order valence-electron chi connectivity index (χ4n) is 4.43. The fraction of sp³-hybridized carbons (Fsp3) is 0.652. The zero-order chi connectivity index (χ0) is 21.4. The normalized spacial score (nSPS) is 21.3. The van der Waals surface area contributed by atoms with Crippen molar-refractivity contribution >= 4 is 35.8 Å². The monoisotopic (exact) mass is 544 g/mol. The highest BCUT2D eigenvalue weighted by atomic mass is 127. The van der Waals surface area contributed by atoms with Crippen LogP contribution < -0.4 is 20.7 Å². The van der Waals surface area contributed by atoms with E-state index in [0.717, 1.165) is 31.1 Å². The molecule has 2 aliphatic carbocycles. The number of carbonyl (C=O) groups is 1. The van der Waals surface area contributed by atoms with Gasteiger partial charge in [-0.3, -0.25) is 4.79 Å². The first-order chi connectivity index (χ1) is 14.6. The summed E-state index contributed by atoms with van der Waals surface area (Å²) < 4.78 is 11.5. The number of ether oxygens (including phenoxy) is 2. The Morgan fingerprint density at radius 3 is 2.61 bits per heavy atom. The first-order valence-corrected chi connectivity index (χ1v) is 11.3. The average molecular weight is 544 g/mol. The van der Waals surface area contributed by atoms with Crippen LogP contribution in [0, 0.1) is 5.41 Å². The maximum absolute atomic E-state index is 11.6. The molecule has 2 aliphatic rings. The van der Waals surface area contributed by atoms with Crippen molar-refractivity contribution in [1.29, 1.82) is 0 Å². The molecule has 0 radical (unpaired) electrons. The molecule has 1 aromatic carbocycles. The molecule has 0 aliphatic heterocycles. The lowest BCUT2D eigenvalue weighted by molar-refractivity contribution is -0.168. The number of carbonyl (C=O) groups excluding carboxylic acids is 1. The van der Waals surface area contributed by atoms with Crippen LogP contribution in [0.25, 0.3) is 0 Å². The van der Waals surface area contributed by atoms with Crippen LogP contribution in [-0.4, -0.2) is 50.3 Å². The summed E-state index contributed by atoms with van der Waals surface area (Å²) in [5, 5.41) is 9.75. The zero-order valence-electron chi connectivity index (χ0n) is 18.9. The molecule has 0 heterocycles. The molecule has 3 rings (SSSR count). The number of aliphatic imine (C=N–C) groups is 1. The van der Waals surface area contributed by atoms with E-state index in [1.807, 2.05) is 31.2 Å². The summed E-state index contributed by atoms with van der Waals surface area (Å²) in [5.74, 6) is 1.41. The highest BCUT2D eigenvalue weighted by Gasteiger charge is 2.59. The minimum atomic E-state index is -0.115. The molecule has 0 aromatic heterocycles. The molecule has 3 N–H and O–H groups in total. The number of guanidine groups is 1. The molecule has 2 fully saturated rings. The van der Waals surface area contributed by atoms with Crippen molar-refractivity contribution in [1.82, 2.24) is 16.0 Å². The van der Waals surface area contributed by atoms with E-state index in [-0.39, 0.29) is 36.5 Å². The Bertz CT molecular complexity index is 739. The van der Waals surface area contributed by atoms with Crippen molar-refractivity contribution in [2.45, 2.75) is 65.1 Å². The molecule has 1 spiro atoms. The maximum atomic E-state index is 11.6. The van der Waals surface area contributed by atoms with Crippen molar-refractivity contribution in [3.8, 4) is 5.75 Å². The van der Waals surface area contributed by atoms with Gasteiger partial charge in [-0.05, 0) is 57.7 Å². The van der Waals surface area contributed by atoms with Crippen molar-refractivity contribution in [3.05, 3.63) is 29.8 Å². The van der Waals surface area contributed by atoms with E-state index >= 15 is 0 Å². The second-order valence-corrected chi connectivity index (χ2v) is 8.05. The first-order valence-electron chi connectivity index (χ1n) is 11.3. The van der Waals surface area contributed by atoms with Crippen LogP contribution in [-0.2, 0) is 16.1 Å². The lowest BCUT2D eigenvalue weighted by Crippen LogP contribution is -2.68. The Morgan fingerprint density at radius 1 is 1.19 bits per heavy atom. The molecule has 1 aromatic rings. The summed E-state index contributed by atoms with van der Waals surface area (Å²) in [6.45, 7) is 8.81. The molecule has 8 heteroatoms. The molecule has 0 bridgehead atoms. The number of likely N-dealkylation sites (N-methyl/N-ethyl adjacent to an activating group) is 1. The van der Waals surface area contributed by atoms with E-state index in [1.54, 1.807) is 0 Å². The number of halogens is 1. The smallest absolute Gasteiger partial charge is 0.257 e. The molecular formula is C23H37IN4O3. The third kappa shape index (κ3) is 6.47. The molecule has 174 valence electrons. The number of benzene rings is 1. The highest BCUT2D eigenvalue weighted by Crippen LogP contribution is 2.57. The van der Waals surface area contributed by atoms with Gasteiger partial charge in [-0.25, -0.2) is 4.99 Å². The third-order valence-corrected chi connectivity index (χ3v) is 6.15. The van der Waals surface area contributed by atoms with Gasteiger partial charge in [0.25, 0.3) is 5.91 Å². The standard InChI is InChI=1S/C23H36N4O3.HI/c1-4-24-21(28)16-30-18-10-7-9-17(13-18)15-26-22(25-5-2)27-19-14-20(29-6-3)23(19)11-8-12-23;/h7,9-10,13,19-20H,4-6,8,11-12,14-16H2,1-3H3,(H,24,28)(H2,25,26,27);1H.